The molecule has 0 aliphatic carbocycles. The number of nitrogens with zero attached hydrogens (tertiary/aromatic N) is 1. The van der Waals surface area contributed by atoms with Gasteiger partial charge in [0.25, 0.3) is 0 Å². The van der Waals surface area contributed by atoms with Crippen LogP contribution in [0.1, 0.15) is 11.3 Å². The van der Waals surface area contributed by atoms with Crippen LogP contribution in [0, 0.1) is 0 Å². The zero-order valence-corrected chi connectivity index (χ0v) is 15.5. The number of fused-ring (bicyclic) bond motifs is 1. The molecule has 3 rings (SSSR count). The number of thiophene rings is 1. The molecule has 0 atom stereocenters. The van der Waals surface area contributed by atoms with E-state index in [1.165, 1.54) is 15.8 Å². The van der Waals surface area contributed by atoms with Crippen LogP contribution < -0.4 is 5.32 Å². The molecule has 3 aromatic rings. The Kier molecular flexibility index (Phi) is 5.16. The predicted octanol–water partition coefficient (Wildman–Crippen LogP) is 5.41. The number of hydrogen-bond acceptors (Lipinski definition) is 2. The van der Waals surface area contributed by atoms with Crippen molar-refractivity contribution in [2.24, 2.45) is 0 Å². The summed E-state index contributed by atoms with van der Waals surface area (Å²) in [6.45, 7) is 3.01. The van der Waals surface area contributed by atoms with Gasteiger partial charge in [-0.05, 0) is 68.4 Å². The lowest BCUT2D eigenvalue weighted by Gasteiger charge is -2.06. The Balaban J connectivity index is 1.46. The van der Waals surface area contributed by atoms with E-state index in [1.54, 1.807) is 11.3 Å². The van der Waals surface area contributed by atoms with E-state index in [9.17, 15) is 0 Å². The number of rotatable bonds is 6. The Bertz CT molecular complexity index is 713. The van der Waals surface area contributed by atoms with Crippen LogP contribution in [-0.2, 0) is 13.1 Å². The standard InChI is InChI=1S/C16H16Br2N2S/c17-14-10-13(21-16(14)18)11-19-7-3-8-20-9-6-12-4-1-2-5-15(12)20/h1-2,4-6,9-10,19H,3,7-8,11H2. The maximum Gasteiger partial charge on any atom is 0.0843 e. The largest absolute Gasteiger partial charge is 0.347 e. The molecular formula is C16H16Br2N2S. The molecule has 1 N–H and O–H groups in total. The van der Waals surface area contributed by atoms with E-state index in [2.05, 4.69) is 84.3 Å². The minimum atomic E-state index is 0.932. The van der Waals surface area contributed by atoms with E-state index in [0.29, 0.717) is 0 Å². The quantitative estimate of drug-likeness (QED) is 0.520. The molecule has 2 nitrogen and oxygen atoms in total. The smallest absolute Gasteiger partial charge is 0.0843 e. The van der Waals surface area contributed by atoms with Crippen molar-refractivity contribution in [3.05, 3.63) is 55.7 Å². The summed E-state index contributed by atoms with van der Waals surface area (Å²) in [6.07, 6.45) is 3.31. The highest BCUT2D eigenvalue weighted by Gasteiger charge is 2.03. The van der Waals surface area contributed by atoms with Gasteiger partial charge in [-0.3, -0.25) is 0 Å². The molecule has 21 heavy (non-hydrogen) atoms. The lowest BCUT2D eigenvalue weighted by molar-refractivity contribution is 0.593. The second-order valence-corrected chi connectivity index (χ2v) is 8.24. The average Bonchev–Trinajstić information content (AvgIpc) is 3.03. The molecular weight excluding hydrogens is 412 g/mol. The minimum absolute atomic E-state index is 0.932. The van der Waals surface area contributed by atoms with Crippen molar-refractivity contribution >= 4 is 54.1 Å². The minimum Gasteiger partial charge on any atom is -0.347 e. The van der Waals surface area contributed by atoms with Crippen LogP contribution in [0.3, 0.4) is 0 Å². The molecule has 0 bridgehead atoms. The highest BCUT2D eigenvalue weighted by molar-refractivity contribution is 9.13. The fourth-order valence-corrected chi connectivity index (χ4v) is 4.55. The number of para-hydroxylation sites is 1. The van der Waals surface area contributed by atoms with Crippen molar-refractivity contribution in [2.45, 2.75) is 19.5 Å². The van der Waals surface area contributed by atoms with Gasteiger partial charge in [0.15, 0.2) is 0 Å². The zero-order chi connectivity index (χ0) is 14.7. The fraction of sp³-hybridized carbons (Fsp3) is 0.250. The monoisotopic (exact) mass is 426 g/mol. The SMILES string of the molecule is Brc1cc(CNCCCn2ccc3ccccc32)sc1Br. The van der Waals surface area contributed by atoms with E-state index in [-0.39, 0.29) is 0 Å². The Labute approximate surface area is 145 Å². The van der Waals surface area contributed by atoms with Gasteiger partial charge in [-0.1, -0.05) is 18.2 Å². The van der Waals surface area contributed by atoms with Crippen LogP contribution in [0.4, 0.5) is 0 Å². The van der Waals surface area contributed by atoms with Gasteiger partial charge in [-0.15, -0.1) is 11.3 Å². The van der Waals surface area contributed by atoms with Crippen molar-refractivity contribution in [3.8, 4) is 0 Å². The number of aromatic nitrogens is 1. The van der Waals surface area contributed by atoms with Crippen LogP contribution in [0.5, 0.6) is 0 Å². The van der Waals surface area contributed by atoms with Crippen LogP contribution in [-0.4, -0.2) is 11.1 Å². The molecule has 0 saturated carbocycles. The van der Waals surface area contributed by atoms with E-state index < -0.39 is 0 Å². The van der Waals surface area contributed by atoms with Gasteiger partial charge in [-0.2, -0.15) is 0 Å². The molecule has 1 aromatic carbocycles. The van der Waals surface area contributed by atoms with Crippen LogP contribution in [0.25, 0.3) is 10.9 Å². The topological polar surface area (TPSA) is 17.0 Å². The van der Waals surface area contributed by atoms with Crippen molar-refractivity contribution < 1.29 is 0 Å². The summed E-state index contributed by atoms with van der Waals surface area (Å²) in [6, 6.07) is 12.9. The van der Waals surface area contributed by atoms with Gasteiger partial charge >= 0.3 is 0 Å². The molecule has 2 aromatic heterocycles. The normalized spacial score (nSPS) is 11.3. The summed E-state index contributed by atoms with van der Waals surface area (Å²) in [4.78, 5) is 1.35. The third-order valence-corrected chi connectivity index (χ3v) is 6.68. The molecule has 110 valence electrons. The molecule has 5 heteroatoms. The fourth-order valence-electron chi connectivity index (χ4n) is 2.40. The third-order valence-electron chi connectivity index (χ3n) is 3.43. The molecule has 0 aliphatic heterocycles. The van der Waals surface area contributed by atoms with E-state index >= 15 is 0 Å². The van der Waals surface area contributed by atoms with E-state index in [1.807, 2.05) is 0 Å². The molecule has 0 unspecified atom stereocenters. The molecule has 0 amide bonds. The summed E-state index contributed by atoms with van der Waals surface area (Å²) in [5, 5.41) is 4.83. The molecule has 0 spiro atoms. The second-order valence-electron chi connectivity index (χ2n) is 4.93. The molecule has 2 heterocycles. The maximum atomic E-state index is 3.53. The maximum absolute atomic E-state index is 3.53. The summed E-state index contributed by atoms with van der Waals surface area (Å²) < 4.78 is 4.64. The first-order valence-electron chi connectivity index (χ1n) is 6.92. The van der Waals surface area contributed by atoms with Crippen LogP contribution in [0.2, 0.25) is 0 Å². The lowest BCUT2D eigenvalue weighted by Crippen LogP contribution is -2.15. The van der Waals surface area contributed by atoms with Gasteiger partial charge in [0.05, 0.1) is 3.79 Å². The van der Waals surface area contributed by atoms with Gasteiger partial charge < -0.3 is 9.88 Å². The lowest BCUT2D eigenvalue weighted by atomic mass is 10.2. The van der Waals surface area contributed by atoms with Gasteiger partial charge in [0.1, 0.15) is 0 Å². The molecule has 0 aliphatic rings. The Hall–Kier alpha value is -0.620. The van der Waals surface area contributed by atoms with Crippen molar-refractivity contribution in [1.82, 2.24) is 9.88 Å². The first-order chi connectivity index (χ1) is 10.2. The summed E-state index contributed by atoms with van der Waals surface area (Å²) in [5.41, 5.74) is 1.32. The Morgan fingerprint density at radius 3 is 2.81 bits per heavy atom. The van der Waals surface area contributed by atoms with E-state index in [4.69, 9.17) is 0 Å². The molecule has 0 radical (unpaired) electrons. The van der Waals surface area contributed by atoms with Gasteiger partial charge in [-0.25, -0.2) is 0 Å². The first-order valence-corrected chi connectivity index (χ1v) is 9.32. The number of halogens is 2. The summed E-state index contributed by atoms with van der Waals surface area (Å²) >= 11 is 8.82. The number of hydrogen-bond donors (Lipinski definition) is 1. The summed E-state index contributed by atoms with van der Waals surface area (Å²) in [5.74, 6) is 0. The zero-order valence-electron chi connectivity index (χ0n) is 11.5. The second kappa shape index (κ2) is 7.09. The van der Waals surface area contributed by atoms with E-state index in [0.717, 1.165) is 34.3 Å². The van der Waals surface area contributed by atoms with Crippen molar-refractivity contribution in [3.63, 3.8) is 0 Å². The predicted molar refractivity (Wildman–Crippen MR) is 98.0 cm³/mol. The van der Waals surface area contributed by atoms with Gasteiger partial charge in [0.2, 0.25) is 0 Å². The highest BCUT2D eigenvalue weighted by atomic mass is 79.9. The summed E-state index contributed by atoms with van der Waals surface area (Å²) in [7, 11) is 0. The Morgan fingerprint density at radius 2 is 2.00 bits per heavy atom. The highest BCUT2D eigenvalue weighted by Crippen LogP contribution is 2.32. The van der Waals surface area contributed by atoms with Crippen molar-refractivity contribution in [1.29, 1.82) is 0 Å². The van der Waals surface area contributed by atoms with Crippen LogP contribution >= 0.6 is 43.2 Å². The van der Waals surface area contributed by atoms with Crippen LogP contribution in [0.15, 0.2) is 50.9 Å². The number of aryl methyl sites for hydroxylation is 1. The van der Waals surface area contributed by atoms with Gasteiger partial charge in [0, 0.05) is 34.2 Å². The van der Waals surface area contributed by atoms with Crippen molar-refractivity contribution in [2.75, 3.05) is 6.54 Å². The molecule has 0 fully saturated rings. The Morgan fingerprint density at radius 1 is 1.14 bits per heavy atom. The number of nitrogens with one attached hydrogen (secondary N) is 1. The first kappa shape index (κ1) is 15.3. The average molecular weight is 428 g/mol. The number of benzene rings is 1. The third kappa shape index (κ3) is 3.77. The molecule has 0 saturated heterocycles.